The normalized spacial score (nSPS) is 13.4. The van der Waals surface area contributed by atoms with E-state index < -0.39 is 5.97 Å². The number of nitrogens with zero attached hydrogens (tertiary/aromatic N) is 4. The van der Waals surface area contributed by atoms with Gasteiger partial charge in [-0.25, -0.2) is 0 Å². The van der Waals surface area contributed by atoms with Gasteiger partial charge in [-0.3, -0.25) is 4.79 Å². The molecule has 0 bridgehead atoms. The number of rotatable bonds is 8. The van der Waals surface area contributed by atoms with Gasteiger partial charge in [0.15, 0.2) is 0 Å². The molecule has 178 valence electrons. The fraction of sp³-hybridized carbons (Fsp3) is 0.385. The summed E-state index contributed by atoms with van der Waals surface area (Å²) >= 11 is 0. The molecule has 35 heavy (non-hydrogen) atoms. The second kappa shape index (κ2) is 12.3. The van der Waals surface area contributed by atoms with Crippen LogP contribution in [-0.4, -0.2) is 81.4 Å². The first-order valence-electron chi connectivity index (χ1n) is 11.5. The van der Waals surface area contributed by atoms with E-state index in [1.165, 1.54) is 11.1 Å². The number of hydrogen-bond donors (Lipinski definition) is 1. The number of benzene rings is 2. The molecule has 1 aliphatic heterocycles. The van der Waals surface area contributed by atoms with E-state index in [2.05, 4.69) is 33.2 Å². The minimum atomic E-state index is -0.745. The minimum absolute atomic E-state index is 0. The van der Waals surface area contributed by atoms with Crippen LogP contribution >= 0.6 is 0 Å². The molecular formula is C26H29N4NaO4. The quantitative estimate of drug-likeness (QED) is 0.482. The van der Waals surface area contributed by atoms with Crippen LogP contribution in [0, 0.1) is 11.3 Å². The molecule has 2 heterocycles. The van der Waals surface area contributed by atoms with Gasteiger partial charge in [0.1, 0.15) is 11.8 Å². The van der Waals surface area contributed by atoms with Gasteiger partial charge in [0.25, 0.3) is 5.89 Å². The van der Waals surface area contributed by atoms with E-state index in [9.17, 15) is 10.1 Å². The van der Waals surface area contributed by atoms with Gasteiger partial charge in [-0.2, -0.15) is 10.2 Å². The summed E-state index contributed by atoms with van der Waals surface area (Å²) in [5.41, 5.74) is 4.52. The molecule has 0 fully saturated rings. The van der Waals surface area contributed by atoms with Crippen molar-refractivity contribution in [1.82, 2.24) is 15.0 Å². The summed E-state index contributed by atoms with van der Waals surface area (Å²) in [4.78, 5) is 17.7. The van der Waals surface area contributed by atoms with Crippen LogP contribution < -0.4 is 4.74 Å². The van der Waals surface area contributed by atoms with Crippen LogP contribution in [0.25, 0.3) is 22.8 Å². The molecule has 2 aromatic carbocycles. The fourth-order valence-electron chi connectivity index (χ4n) is 4.15. The molecule has 0 atom stereocenters. The molecule has 9 heteroatoms. The van der Waals surface area contributed by atoms with Crippen molar-refractivity contribution in [2.45, 2.75) is 45.6 Å². The van der Waals surface area contributed by atoms with Crippen LogP contribution in [0.1, 0.15) is 43.4 Å². The number of aromatic nitrogens is 2. The molecule has 0 radical (unpaired) electrons. The Bertz CT molecular complexity index is 1220. The van der Waals surface area contributed by atoms with Crippen LogP contribution in [-0.2, 0) is 17.6 Å². The molecule has 1 aromatic heterocycles. The van der Waals surface area contributed by atoms with Crippen molar-refractivity contribution in [2.75, 3.05) is 19.6 Å². The topological polar surface area (TPSA) is 112 Å². The van der Waals surface area contributed by atoms with Gasteiger partial charge in [0, 0.05) is 30.6 Å². The van der Waals surface area contributed by atoms with E-state index in [4.69, 9.17) is 14.4 Å². The van der Waals surface area contributed by atoms with Gasteiger partial charge in [0.2, 0.25) is 5.82 Å². The number of aliphatic carboxylic acids is 1. The second-order valence-corrected chi connectivity index (χ2v) is 8.73. The van der Waals surface area contributed by atoms with Crippen molar-refractivity contribution >= 4 is 35.5 Å². The third-order valence-electron chi connectivity index (χ3n) is 5.86. The predicted octanol–water partition coefficient (Wildman–Crippen LogP) is 3.68. The zero-order valence-corrected chi connectivity index (χ0v) is 19.5. The molecule has 3 aromatic rings. The Morgan fingerprint density at radius 2 is 1.91 bits per heavy atom. The summed E-state index contributed by atoms with van der Waals surface area (Å²) in [7, 11) is 0. The number of carbonyl (C=O) groups is 1. The Hall–Kier alpha value is -2.70. The molecule has 0 aliphatic carbocycles. The van der Waals surface area contributed by atoms with Crippen molar-refractivity contribution in [3.63, 3.8) is 0 Å². The summed E-state index contributed by atoms with van der Waals surface area (Å²) in [5.74, 6) is 0.637. The standard InChI is InChI=1S/C26H28N4O4.Na.H/c1-17(2)33-23-8-7-21(15-22(23)16-27)26-28-25(29-34-26)20-6-5-18-9-12-30(11-3-4-24(31)32)13-10-19(18)14-20;;/h5-8,14-15,17H,3-4,9-13H2,1-2H3,(H,31,32);;. The number of fused-ring (bicyclic) bond motifs is 1. The Morgan fingerprint density at radius 1 is 1.17 bits per heavy atom. The molecule has 0 unspecified atom stereocenters. The molecule has 1 N–H and O–H groups in total. The van der Waals surface area contributed by atoms with Gasteiger partial charge < -0.3 is 19.3 Å². The summed E-state index contributed by atoms with van der Waals surface area (Å²) < 4.78 is 11.2. The first-order valence-corrected chi connectivity index (χ1v) is 11.5. The Balaban J connectivity index is 0.00000342. The SMILES string of the molecule is CC(C)Oc1ccc(-c2nc(-c3ccc4c(c3)CCN(CCCC(=O)O)CC4)no2)cc1C#N.[NaH]. The summed E-state index contributed by atoms with van der Waals surface area (Å²) in [5, 5.41) is 22.5. The van der Waals surface area contributed by atoms with Crippen LogP contribution in [0.5, 0.6) is 5.75 Å². The van der Waals surface area contributed by atoms with E-state index in [1.54, 1.807) is 12.1 Å². The van der Waals surface area contributed by atoms with Crippen molar-refractivity contribution < 1.29 is 19.2 Å². The van der Waals surface area contributed by atoms with E-state index in [1.807, 2.05) is 26.0 Å². The molecular weight excluding hydrogens is 455 g/mol. The molecule has 0 spiro atoms. The Morgan fingerprint density at radius 3 is 2.63 bits per heavy atom. The summed E-state index contributed by atoms with van der Waals surface area (Å²) in [6, 6.07) is 13.7. The number of hydrogen-bond acceptors (Lipinski definition) is 7. The maximum absolute atomic E-state index is 10.8. The first kappa shape index (κ1) is 26.9. The van der Waals surface area contributed by atoms with Gasteiger partial charge >= 0.3 is 35.5 Å². The van der Waals surface area contributed by atoms with Crippen molar-refractivity contribution in [3.05, 3.63) is 53.1 Å². The number of ether oxygens (including phenoxy) is 1. The van der Waals surface area contributed by atoms with E-state index >= 15 is 0 Å². The third kappa shape index (κ3) is 6.92. The van der Waals surface area contributed by atoms with Gasteiger partial charge in [0.05, 0.1) is 11.7 Å². The number of nitriles is 1. The van der Waals surface area contributed by atoms with Crippen LogP contribution in [0.2, 0.25) is 0 Å². The zero-order valence-electron chi connectivity index (χ0n) is 19.5. The Kier molecular flexibility index (Phi) is 9.47. The number of carboxylic acid groups (broad SMARTS) is 1. The summed E-state index contributed by atoms with van der Waals surface area (Å²) in [6.45, 7) is 6.45. The molecule has 1 aliphatic rings. The first-order chi connectivity index (χ1) is 16.4. The number of carboxylic acids is 1. The van der Waals surface area contributed by atoms with Gasteiger partial charge in [-0.15, -0.1) is 0 Å². The summed E-state index contributed by atoms with van der Waals surface area (Å²) in [6.07, 6.45) is 2.67. The average molecular weight is 485 g/mol. The zero-order chi connectivity index (χ0) is 24.1. The van der Waals surface area contributed by atoms with E-state index in [-0.39, 0.29) is 42.1 Å². The molecule has 0 saturated heterocycles. The average Bonchev–Trinajstić information content (AvgIpc) is 3.22. The van der Waals surface area contributed by atoms with Crippen molar-refractivity contribution in [2.24, 2.45) is 0 Å². The van der Waals surface area contributed by atoms with Gasteiger partial charge in [-0.05, 0) is 75.0 Å². The molecule has 0 amide bonds. The van der Waals surface area contributed by atoms with Crippen LogP contribution in [0.15, 0.2) is 40.9 Å². The second-order valence-electron chi connectivity index (χ2n) is 8.73. The Labute approximate surface area is 227 Å². The molecule has 4 rings (SSSR count). The van der Waals surface area contributed by atoms with Gasteiger partial charge in [-0.1, -0.05) is 17.3 Å². The predicted molar refractivity (Wildman–Crippen MR) is 134 cm³/mol. The third-order valence-corrected chi connectivity index (χ3v) is 5.86. The fourth-order valence-corrected chi connectivity index (χ4v) is 4.15. The molecule has 8 nitrogen and oxygen atoms in total. The van der Waals surface area contributed by atoms with Crippen molar-refractivity contribution in [3.8, 4) is 34.7 Å². The molecule has 0 saturated carbocycles. The van der Waals surface area contributed by atoms with E-state index in [0.717, 1.165) is 38.0 Å². The van der Waals surface area contributed by atoms with E-state index in [0.29, 0.717) is 35.0 Å². The van der Waals surface area contributed by atoms with Crippen LogP contribution in [0.3, 0.4) is 0 Å². The van der Waals surface area contributed by atoms with Crippen molar-refractivity contribution in [1.29, 1.82) is 5.26 Å². The monoisotopic (exact) mass is 484 g/mol. The maximum atomic E-state index is 10.8. The van der Waals surface area contributed by atoms with Crippen LogP contribution in [0.4, 0.5) is 0 Å².